The number of hydrogen-bond donors (Lipinski definition) is 1. The third kappa shape index (κ3) is 1.41. The molecule has 1 N–H and O–H groups in total. The summed E-state index contributed by atoms with van der Waals surface area (Å²) in [6.07, 6.45) is 1.96. The number of aromatic nitrogens is 2. The predicted molar refractivity (Wildman–Crippen MR) is 59.5 cm³/mol. The first kappa shape index (κ1) is 9.25. The zero-order chi connectivity index (χ0) is 10.3. The van der Waals surface area contributed by atoms with E-state index in [9.17, 15) is 0 Å². The summed E-state index contributed by atoms with van der Waals surface area (Å²) in [5, 5.41) is 1.25. The van der Waals surface area contributed by atoms with Gasteiger partial charge in [-0.2, -0.15) is 0 Å². The first-order chi connectivity index (χ1) is 6.48. The van der Waals surface area contributed by atoms with E-state index in [0.29, 0.717) is 0 Å². The smallest absolute Gasteiger partial charge is 0.0670 e. The van der Waals surface area contributed by atoms with E-state index in [0.717, 1.165) is 16.9 Å². The summed E-state index contributed by atoms with van der Waals surface area (Å²) >= 11 is 0. The fraction of sp³-hybridized carbons (Fsp3) is 0.417. The molecule has 0 radical (unpaired) electrons. The Morgan fingerprint density at radius 1 is 1.29 bits per heavy atom. The van der Waals surface area contributed by atoms with Crippen LogP contribution in [-0.4, -0.2) is 9.97 Å². The molecule has 2 rings (SSSR count). The summed E-state index contributed by atoms with van der Waals surface area (Å²) in [5.41, 5.74) is 3.51. The number of nitrogens with one attached hydrogen (secondary N) is 1. The molecule has 14 heavy (non-hydrogen) atoms. The molecule has 0 aromatic carbocycles. The van der Waals surface area contributed by atoms with E-state index in [1.165, 1.54) is 5.39 Å². The first-order valence-corrected chi connectivity index (χ1v) is 4.94. The van der Waals surface area contributed by atoms with Gasteiger partial charge in [-0.05, 0) is 19.1 Å². The van der Waals surface area contributed by atoms with Crippen LogP contribution >= 0.6 is 0 Å². The fourth-order valence-electron chi connectivity index (χ4n) is 1.62. The number of aryl methyl sites for hydroxylation is 1. The average molecular weight is 188 g/mol. The molecule has 2 heterocycles. The van der Waals surface area contributed by atoms with E-state index in [4.69, 9.17) is 0 Å². The molecule has 0 aliphatic heterocycles. The highest BCUT2D eigenvalue weighted by Gasteiger charge is 2.16. The Balaban J connectivity index is 2.70. The Kier molecular flexibility index (Phi) is 1.88. The van der Waals surface area contributed by atoms with Gasteiger partial charge in [0.05, 0.1) is 11.2 Å². The maximum atomic E-state index is 4.61. The lowest BCUT2D eigenvalue weighted by molar-refractivity contribution is 0.568. The lowest BCUT2D eigenvalue weighted by Gasteiger charge is -2.18. The summed E-state index contributed by atoms with van der Waals surface area (Å²) in [4.78, 5) is 7.82. The number of hydrogen-bond acceptors (Lipinski definition) is 1. The second-order valence-electron chi connectivity index (χ2n) is 4.78. The van der Waals surface area contributed by atoms with Gasteiger partial charge in [0.1, 0.15) is 0 Å². The highest BCUT2D eigenvalue weighted by Crippen LogP contribution is 2.25. The van der Waals surface area contributed by atoms with E-state index in [2.05, 4.69) is 42.9 Å². The van der Waals surface area contributed by atoms with Crippen LogP contribution in [0.5, 0.6) is 0 Å². The molecule has 74 valence electrons. The number of rotatable bonds is 0. The standard InChI is InChI=1S/C12H16N2/c1-8-11-9(5-6-13-11)7-10(14-8)12(2,3)4/h5-7,13H,1-4H3. The van der Waals surface area contributed by atoms with E-state index in [1.54, 1.807) is 0 Å². The molecule has 0 saturated heterocycles. The van der Waals surface area contributed by atoms with Gasteiger partial charge in [-0.1, -0.05) is 20.8 Å². The molecule has 2 aromatic heterocycles. The number of pyridine rings is 1. The number of aromatic amines is 1. The van der Waals surface area contributed by atoms with Crippen molar-refractivity contribution in [3.05, 3.63) is 29.7 Å². The average Bonchev–Trinajstić information content (AvgIpc) is 2.50. The van der Waals surface area contributed by atoms with Crippen molar-refractivity contribution in [2.45, 2.75) is 33.1 Å². The highest BCUT2D eigenvalue weighted by atomic mass is 14.8. The number of nitrogens with zero attached hydrogens (tertiary/aromatic N) is 1. The van der Waals surface area contributed by atoms with Crippen LogP contribution in [0.25, 0.3) is 10.9 Å². The van der Waals surface area contributed by atoms with Crippen LogP contribution < -0.4 is 0 Å². The van der Waals surface area contributed by atoms with Crippen LogP contribution in [0.3, 0.4) is 0 Å². The minimum absolute atomic E-state index is 0.121. The molecule has 0 aliphatic carbocycles. The molecule has 0 aliphatic rings. The molecule has 0 amide bonds. The van der Waals surface area contributed by atoms with Gasteiger partial charge in [0.15, 0.2) is 0 Å². The van der Waals surface area contributed by atoms with Crippen LogP contribution in [0, 0.1) is 6.92 Å². The normalized spacial score (nSPS) is 12.3. The third-order valence-electron chi connectivity index (χ3n) is 2.49. The zero-order valence-corrected chi connectivity index (χ0v) is 9.18. The second-order valence-corrected chi connectivity index (χ2v) is 4.78. The Hall–Kier alpha value is -1.31. The Morgan fingerprint density at radius 3 is 2.64 bits per heavy atom. The van der Waals surface area contributed by atoms with Crippen molar-refractivity contribution < 1.29 is 0 Å². The van der Waals surface area contributed by atoms with E-state index in [-0.39, 0.29) is 5.41 Å². The van der Waals surface area contributed by atoms with Gasteiger partial charge < -0.3 is 4.98 Å². The summed E-state index contributed by atoms with van der Waals surface area (Å²) in [7, 11) is 0. The SMILES string of the molecule is Cc1nc(C(C)(C)C)cc2cc[nH]c12. The van der Waals surface area contributed by atoms with Crippen molar-refractivity contribution in [2.24, 2.45) is 0 Å². The zero-order valence-electron chi connectivity index (χ0n) is 9.18. The molecule has 0 atom stereocenters. The molecule has 0 bridgehead atoms. The molecule has 0 spiro atoms. The molecular weight excluding hydrogens is 172 g/mol. The predicted octanol–water partition coefficient (Wildman–Crippen LogP) is 3.17. The summed E-state index contributed by atoms with van der Waals surface area (Å²) < 4.78 is 0. The summed E-state index contributed by atoms with van der Waals surface area (Å²) in [5.74, 6) is 0. The lowest BCUT2D eigenvalue weighted by atomic mass is 9.91. The van der Waals surface area contributed by atoms with Crippen LogP contribution in [0.15, 0.2) is 18.3 Å². The number of fused-ring (bicyclic) bond motifs is 1. The molecule has 2 heteroatoms. The van der Waals surface area contributed by atoms with Crippen molar-refractivity contribution in [1.29, 1.82) is 0 Å². The van der Waals surface area contributed by atoms with Crippen molar-refractivity contribution in [2.75, 3.05) is 0 Å². The second kappa shape index (κ2) is 2.84. The highest BCUT2D eigenvalue weighted by molar-refractivity contribution is 5.81. The summed E-state index contributed by atoms with van der Waals surface area (Å²) in [6.45, 7) is 8.61. The molecule has 0 unspecified atom stereocenters. The maximum Gasteiger partial charge on any atom is 0.0670 e. The van der Waals surface area contributed by atoms with Crippen LogP contribution in [0.4, 0.5) is 0 Å². The van der Waals surface area contributed by atoms with Crippen molar-refractivity contribution in [3.8, 4) is 0 Å². The number of H-pyrrole nitrogens is 1. The minimum Gasteiger partial charge on any atom is -0.360 e. The van der Waals surface area contributed by atoms with Gasteiger partial charge in [-0.3, -0.25) is 4.98 Å². The quantitative estimate of drug-likeness (QED) is 0.676. The van der Waals surface area contributed by atoms with Crippen LogP contribution in [0.2, 0.25) is 0 Å². The lowest BCUT2D eigenvalue weighted by Crippen LogP contribution is -2.13. The Morgan fingerprint density at radius 2 is 2.00 bits per heavy atom. The molecule has 2 nitrogen and oxygen atoms in total. The van der Waals surface area contributed by atoms with Crippen molar-refractivity contribution >= 4 is 10.9 Å². The van der Waals surface area contributed by atoms with Crippen molar-refractivity contribution in [3.63, 3.8) is 0 Å². The van der Waals surface area contributed by atoms with Gasteiger partial charge in [-0.25, -0.2) is 0 Å². The Bertz CT molecular complexity index is 461. The molecule has 2 aromatic rings. The topological polar surface area (TPSA) is 28.7 Å². The fourth-order valence-corrected chi connectivity index (χ4v) is 1.62. The monoisotopic (exact) mass is 188 g/mol. The van der Waals surface area contributed by atoms with Gasteiger partial charge >= 0.3 is 0 Å². The van der Waals surface area contributed by atoms with Gasteiger partial charge in [-0.15, -0.1) is 0 Å². The Labute approximate surface area is 84.4 Å². The van der Waals surface area contributed by atoms with Crippen molar-refractivity contribution in [1.82, 2.24) is 9.97 Å². The maximum absolute atomic E-state index is 4.61. The van der Waals surface area contributed by atoms with E-state index >= 15 is 0 Å². The first-order valence-electron chi connectivity index (χ1n) is 4.94. The van der Waals surface area contributed by atoms with Gasteiger partial charge in [0.25, 0.3) is 0 Å². The van der Waals surface area contributed by atoms with Gasteiger partial charge in [0.2, 0.25) is 0 Å². The largest absolute Gasteiger partial charge is 0.360 e. The van der Waals surface area contributed by atoms with Crippen LogP contribution in [-0.2, 0) is 5.41 Å². The summed E-state index contributed by atoms with van der Waals surface area (Å²) in [6, 6.07) is 4.26. The van der Waals surface area contributed by atoms with Gasteiger partial charge in [0, 0.05) is 22.7 Å². The van der Waals surface area contributed by atoms with Crippen LogP contribution in [0.1, 0.15) is 32.2 Å². The third-order valence-corrected chi connectivity index (χ3v) is 2.49. The molecule has 0 fully saturated rings. The minimum atomic E-state index is 0.121. The van der Waals surface area contributed by atoms with E-state index in [1.807, 2.05) is 13.1 Å². The molecular formula is C12H16N2. The molecule has 0 saturated carbocycles. The van der Waals surface area contributed by atoms with E-state index < -0.39 is 0 Å².